The van der Waals surface area contributed by atoms with Gasteiger partial charge < -0.3 is 9.47 Å². The molecule has 22 heavy (non-hydrogen) atoms. The SMILES string of the molecule is COC(=O)/C=C/[C@@H](CC(=O)OC(C)(C)C)Cc1ccccc1. The van der Waals surface area contributed by atoms with Gasteiger partial charge >= 0.3 is 11.9 Å². The van der Waals surface area contributed by atoms with Crippen molar-refractivity contribution in [2.45, 2.75) is 39.2 Å². The monoisotopic (exact) mass is 304 g/mol. The molecule has 0 radical (unpaired) electrons. The smallest absolute Gasteiger partial charge is 0.330 e. The summed E-state index contributed by atoms with van der Waals surface area (Å²) >= 11 is 0. The Morgan fingerprint density at radius 3 is 2.36 bits per heavy atom. The normalized spacial score (nSPS) is 12.9. The Balaban J connectivity index is 2.75. The standard InChI is InChI=1S/C18H24O4/c1-18(2,3)22-17(20)13-15(10-11-16(19)21-4)12-14-8-6-5-7-9-14/h5-11,15H,12-13H2,1-4H3/b11-10+/t15-/m1/s1. The van der Waals surface area contributed by atoms with Gasteiger partial charge in [-0.3, -0.25) is 4.79 Å². The van der Waals surface area contributed by atoms with Crippen LogP contribution in [0, 0.1) is 5.92 Å². The quantitative estimate of drug-likeness (QED) is 0.597. The van der Waals surface area contributed by atoms with Crippen molar-refractivity contribution in [3.63, 3.8) is 0 Å². The maximum absolute atomic E-state index is 12.0. The van der Waals surface area contributed by atoms with E-state index in [0.717, 1.165) is 5.56 Å². The van der Waals surface area contributed by atoms with E-state index < -0.39 is 11.6 Å². The number of methoxy groups -OCH3 is 1. The first kappa shape index (κ1) is 18.0. The molecule has 0 aliphatic carbocycles. The Hall–Kier alpha value is -2.10. The molecule has 0 aliphatic rings. The number of allylic oxidation sites excluding steroid dienone is 1. The number of carbonyl (C=O) groups is 2. The van der Waals surface area contributed by atoms with Crippen LogP contribution >= 0.6 is 0 Å². The van der Waals surface area contributed by atoms with Crippen molar-refractivity contribution in [2.75, 3.05) is 7.11 Å². The first-order chi connectivity index (χ1) is 10.3. The Labute approximate surface area is 132 Å². The predicted octanol–water partition coefficient (Wildman–Crippen LogP) is 3.31. The molecule has 0 N–H and O–H groups in total. The van der Waals surface area contributed by atoms with E-state index in [-0.39, 0.29) is 18.3 Å². The zero-order valence-corrected chi connectivity index (χ0v) is 13.7. The van der Waals surface area contributed by atoms with Gasteiger partial charge in [0.1, 0.15) is 5.60 Å². The Morgan fingerprint density at radius 1 is 1.18 bits per heavy atom. The number of benzene rings is 1. The van der Waals surface area contributed by atoms with Gasteiger partial charge in [0.15, 0.2) is 0 Å². The van der Waals surface area contributed by atoms with E-state index >= 15 is 0 Å². The maximum atomic E-state index is 12.0. The molecular formula is C18H24O4. The second-order valence-electron chi connectivity index (χ2n) is 6.12. The molecule has 1 atom stereocenters. The van der Waals surface area contributed by atoms with Crippen LogP contribution in [0.3, 0.4) is 0 Å². The van der Waals surface area contributed by atoms with Crippen LogP contribution < -0.4 is 0 Å². The number of ether oxygens (including phenoxy) is 2. The van der Waals surface area contributed by atoms with Crippen molar-refractivity contribution in [3.05, 3.63) is 48.0 Å². The van der Waals surface area contributed by atoms with Crippen molar-refractivity contribution in [1.29, 1.82) is 0 Å². The average Bonchev–Trinajstić information content (AvgIpc) is 2.43. The first-order valence-corrected chi connectivity index (χ1v) is 7.32. The molecule has 0 saturated heterocycles. The molecule has 1 aromatic rings. The molecule has 4 nitrogen and oxygen atoms in total. The largest absolute Gasteiger partial charge is 0.466 e. The molecule has 0 spiro atoms. The van der Waals surface area contributed by atoms with Gasteiger partial charge in [-0.2, -0.15) is 0 Å². The molecule has 0 unspecified atom stereocenters. The second kappa shape index (κ2) is 8.37. The van der Waals surface area contributed by atoms with E-state index in [1.54, 1.807) is 6.08 Å². The van der Waals surface area contributed by atoms with Crippen LogP contribution in [-0.4, -0.2) is 24.6 Å². The summed E-state index contributed by atoms with van der Waals surface area (Å²) in [5.41, 5.74) is 0.589. The van der Waals surface area contributed by atoms with Gasteiger partial charge in [0.25, 0.3) is 0 Å². The Kier molecular flexibility index (Phi) is 6.83. The lowest BCUT2D eigenvalue weighted by Crippen LogP contribution is -2.25. The highest BCUT2D eigenvalue weighted by Crippen LogP contribution is 2.17. The zero-order chi connectivity index (χ0) is 16.6. The molecule has 0 amide bonds. The lowest BCUT2D eigenvalue weighted by atomic mass is 9.95. The molecule has 0 heterocycles. The van der Waals surface area contributed by atoms with Crippen molar-refractivity contribution in [3.8, 4) is 0 Å². The van der Waals surface area contributed by atoms with E-state index in [4.69, 9.17) is 4.74 Å². The van der Waals surface area contributed by atoms with Gasteiger partial charge in [-0.1, -0.05) is 36.4 Å². The lowest BCUT2D eigenvalue weighted by molar-refractivity contribution is -0.155. The Morgan fingerprint density at radius 2 is 1.82 bits per heavy atom. The summed E-state index contributed by atoms with van der Waals surface area (Å²) in [6, 6.07) is 9.83. The minimum Gasteiger partial charge on any atom is -0.466 e. The van der Waals surface area contributed by atoms with Crippen LogP contribution in [0.25, 0.3) is 0 Å². The van der Waals surface area contributed by atoms with Crippen LogP contribution in [0.4, 0.5) is 0 Å². The number of carbonyl (C=O) groups excluding carboxylic acids is 2. The number of hydrogen-bond acceptors (Lipinski definition) is 4. The van der Waals surface area contributed by atoms with Crippen molar-refractivity contribution >= 4 is 11.9 Å². The molecule has 1 aromatic carbocycles. The summed E-state index contributed by atoms with van der Waals surface area (Å²) in [6.45, 7) is 5.50. The molecule has 4 heteroatoms. The average molecular weight is 304 g/mol. The molecule has 0 aliphatic heterocycles. The third kappa shape index (κ3) is 7.62. The van der Waals surface area contributed by atoms with Gasteiger partial charge in [-0.25, -0.2) is 4.79 Å². The maximum Gasteiger partial charge on any atom is 0.330 e. The van der Waals surface area contributed by atoms with Crippen LogP contribution in [0.5, 0.6) is 0 Å². The van der Waals surface area contributed by atoms with Gasteiger partial charge in [0.2, 0.25) is 0 Å². The molecule has 120 valence electrons. The first-order valence-electron chi connectivity index (χ1n) is 7.32. The molecule has 0 fully saturated rings. The third-order valence-corrected chi connectivity index (χ3v) is 2.90. The highest BCUT2D eigenvalue weighted by Gasteiger charge is 2.19. The zero-order valence-electron chi connectivity index (χ0n) is 13.7. The highest BCUT2D eigenvalue weighted by atomic mass is 16.6. The summed E-state index contributed by atoms with van der Waals surface area (Å²) in [5.74, 6) is -0.818. The molecule has 1 rings (SSSR count). The molecular weight excluding hydrogens is 280 g/mol. The van der Waals surface area contributed by atoms with Crippen molar-refractivity contribution in [1.82, 2.24) is 0 Å². The van der Waals surface area contributed by atoms with Gasteiger partial charge in [-0.15, -0.1) is 0 Å². The fourth-order valence-corrected chi connectivity index (χ4v) is 2.01. The molecule has 0 aromatic heterocycles. The summed E-state index contributed by atoms with van der Waals surface area (Å²) < 4.78 is 9.94. The van der Waals surface area contributed by atoms with Gasteiger partial charge in [0.05, 0.1) is 13.5 Å². The number of rotatable bonds is 6. The summed E-state index contributed by atoms with van der Waals surface area (Å²) in [4.78, 5) is 23.3. The molecule has 0 bridgehead atoms. The third-order valence-electron chi connectivity index (χ3n) is 2.90. The van der Waals surface area contributed by atoms with E-state index in [1.165, 1.54) is 13.2 Å². The van der Waals surface area contributed by atoms with E-state index in [9.17, 15) is 9.59 Å². The van der Waals surface area contributed by atoms with Crippen molar-refractivity contribution in [2.24, 2.45) is 5.92 Å². The van der Waals surface area contributed by atoms with Crippen LogP contribution in [0.1, 0.15) is 32.8 Å². The fraction of sp³-hybridized carbons (Fsp3) is 0.444. The predicted molar refractivity (Wildman–Crippen MR) is 85.3 cm³/mol. The highest BCUT2D eigenvalue weighted by molar-refractivity contribution is 5.82. The van der Waals surface area contributed by atoms with Crippen LogP contribution in [-0.2, 0) is 25.5 Å². The van der Waals surface area contributed by atoms with Crippen molar-refractivity contribution < 1.29 is 19.1 Å². The minimum atomic E-state index is -0.513. The van der Waals surface area contributed by atoms with E-state index in [1.807, 2.05) is 51.1 Å². The lowest BCUT2D eigenvalue weighted by Gasteiger charge is -2.21. The van der Waals surface area contributed by atoms with Crippen LogP contribution in [0.15, 0.2) is 42.5 Å². The van der Waals surface area contributed by atoms with E-state index in [2.05, 4.69) is 4.74 Å². The summed E-state index contributed by atoms with van der Waals surface area (Å²) in [5, 5.41) is 0. The number of esters is 2. The molecule has 0 saturated carbocycles. The topological polar surface area (TPSA) is 52.6 Å². The number of hydrogen-bond donors (Lipinski definition) is 0. The Bertz CT molecular complexity index is 512. The minimum absolute atomic E-state index is 0.114. The van der Waals surface area contributed by atoms with E-state index in [0.29, 0.717) is 6.42 Å². The fourth-order valence-electron chi connectivity index (χ4n) is 2.01. The van der Waals surface area contributed by atoms with Crippen LogP contribution in [0.2, 0.25) is 0 Å². The van der Waals surface area contributed by atoms with Gasteiger partial charge in [-0.05, 0) is 38.7 Å². The summed E-state index contributed by atoms with van der Waals surface area (Å²) in [6.07, 6.45) is 3.95. The summed E-state index contributed by atoms with van der Waals surface area (Å²) in [7, 11) is 1.33. The van der Waals surface area contributed by atoms with Gasteiger partial charge in [0, 0.05) is 6.08 Å². The second-order valence-corrected chi connectivity index (χ2v) is 6.12.